The Morgan fingerprint density at radius 2 is 2.00 bits per heavy atom. The van der Waals surface area contributed by atoms with Crippen LogP contribution in [0.1, 0.15) is 25.7 Å². The lowest BCUT2D eigenvalue weighted by Gasteiger charge is -2.16. The summed E-state index contributed by atoms with van der Waals surface area (Å²) in [5.74, 6) is 0.147. The molecule has 9 heteroatoms. The van der Waals surface area contributed by atoms with Gasteiger partial charge in [-0.1, -0.05) is 0 Å². The fraction of sp³-hybridized carbons (Fsp3) is 0.474. The van der Waals surface area contributed by atoms with Crippen LogP contribution in [0.15, 0.2) is 24.3 Å². The highest BCUT2D eigenvalue weighted by atomic mass is 16.5. The van der Waals surface area contributed by atoms with E-state index in [1.807, 2.05) is 0 Å². The first kappa shape index (κ1) is 19.7. The van der Waals surface area contributed by atoms with Gasteiger partial charge in [0.2, 0.25) is 11.8 Å². The van der Waals surface area contributed by atoms with Crippen LogP contribution in [0.3, 0.4) is 0 Å². The maximum absolute atomic E-state index is 12.5. The second kappa shape index (κ2) is 8.73. The molecule has 2 saturated heterocycles. The molecule has 0 radical (unpaired) electrons. The highest BCUT2D eigenvalue weighted by molar-refractivity contribution is 6.21. The van der Waals surface area contributed by atoms with Gasteiger partial charge >= 0.3 is 6.03 Å². The zero-order chi connectivity index (χ0) is 20.1. The van der Waals surface area contributed by atoms with Gasteiger partial charge in [-0.05, 0) is 37.1 Å². The summed E-state index contributed by atoms with van der Waals surface area (Å²) >= 11 is 0. The number of carbonyl (C=O) groups is 4. The number of benzene rings is 1. The third-order valence-electron chi connectivity index (χ3n) is 4.89. The van der Waals surface area contributed by atoms with Crippen molar-refractivity contribution in [1.29, 1.82) is 0 Å². The maximum atomic E-state index is 12.5. The van der Waals surface area contributed by atoms with Gasteiger partial charge in [-0.3, -0.25) is 14.4 Å². The van der Waals surface area contributed by atoms with Gasteiger partial charge in [-0.25, -0.2) is 9.69 Å². The van der Waals surface area contributed by atoms with Crippen molar-refractivity contribution in [2.75, 3.05) is 31.6 Å². The van der Waals surface area contributed by atoms with Gasteiger partial charge < -0.3 is 20.3 Å². The molecule has 1 aromatic rings. The van der Waals surface area contributed by atoms with E-state index in [1.54, 1.807) is 29.2 Å². The molecule has 28 heavy (non-hydrogen) atoms. The van der Waals surface area contributed by atoms with Crippen molar-refractivity contribution in [3.05, 3.63) is 24.3 Å². The molecule has 0 spiro atoms. The number of rotatable bonds is 8. The van der Waals surface area contributed by atoms with Gasteiger partial charge in [0.15, 0.2) is 0 Å². The Labute approximate surface area is 163 Å². The van der Waals surface area contributed by atoms with Gasteiger partial charge in [0.1, 0.15) is 11.8 Å². The number of nitrogens with one attached hydrogen (secondary N) is 2. The molecule has 2 fully saturated rings. The second-order valence-electron chi connectivity index (χ2n) is 6.75. The fourth-order valence-electron chi connectivity index (χ4n) is 3.34. The molecule has 9 nitrogen and oxygen atoms in total. The Kier molecular flexibility index (Phi) is 6.13. The summed E-state index contributed by atoms with van der Waals surface area (Å²) in [5.41, 5.74) is 0.450. The van der Waals surface area contributed by atoms with Gasteiger partial charge in [0.05, 0.1) is 12.8 Å². The number of anilines is 1. The third kappa shape index (κ3) is 4.41. The first-order chi connectivity index (χ1) is 13.5. The minimum absolute atomic E-state index is 0.112. The van der Waals surface area contributed by atoms with Crippen molar-refractivity contribution in [3.8, 4) is 5.75 Å². The lowest BCUT2D eigenvalue weighted by atomic mass is 10.1. The highest BCUT2D eigenvalue weighted by Crippen LogP contribution is 2.23. The van der Waals surface area contributed by atoms with Crippen LogP contribution in [0.5, 0.6) is 5.75 Å². The van der Waals surface area contributed by atoms with E-state index >= 15 is 0 Å². The molecule has 0 bridgehead atoms. The van der Waals surface area contributed by atoms with E-state index in [2.05, 4.69) is 10.6 Å². The van der Waals surface area contributed by atoms with Crippen molar-refractivity contribution >= 4 is 29.4 Å². The Bertz CT molecular complexity index is 764. The van der Waals surface area contributed by atoms with Crippen LogP contribution >= 0.6 is 0 Å². The number of hydrogen-bond acceptors (Lipinski definition) is 5. The number of likely N-dealkylation sites (tertiary alicyclic amines) is 1. The first-order valence-electron chi connectivity index (χ1n) is 9.32. The van der Waals surface area contributed by atoms with Crippen LogP contribution in [0.25, 0.3) is 0 Å². The topological polar surface area (TPSA) is 108 Å². The molecule has 2 aliphatic heterocycles. The highest BCUT2D eigenvalue weighted by Gasteiger charge is 2.38. The molecule has 0 aromatic heterocycles. The van der Waals surface area contributed by atoms with Crippen molar-refractivity contribution in [2.45, 2.75) is 31.7 Å². The predicted octanol–water partition coefficient (Wildman–Crippen LogP) is 0.639. The van der Waals surface area contributed by atoms with Gasteiger partial charge in [0.25, 0.3) is 5.91 Å². The number of urea groups is 1. The number of methoxy groups -OCH3 is 1. The molecule has 2 aliphatic rings. The summed E-state index contributed by atoms with van der Waals surface area (Å²) in [6.07, 6.45) is 1.76. The van der Waals surface area contributed by atoms with E-state index in [-0.39, 0.29) is 30.6 Å². The lowest BCUT2D eigenvalue weighted by molar-refractivity contribution is -0.128. The molecular weight excluding hydrogens is 364 g/mol. The van der Waals surface area contributed by atoms with Crippen LogP contribution in [0.4, 0.5) is 10.5 Å². The van der Waals surface area contributed by atoms with Crippen molar-refractivity contribution in [3.63, 3.8) is 0 Å². The molecule has 0 unspecified atom stereocenters. The van der Waals surface area contributed by atoms with E-state index in [4.69, 9.17) is 4.74 Å². The number of ether oxygens (including phenoxy) is 1. The summed E-state index contributed by atoms with van der Waals surface area (Å²) in [4.78, 5) is 51.0. The normalized spacial score (nSPS) is 19.2. The van der Waals surface area contributed by atoms with E-state index in [0.29, 0.717) is 30.9 Å². The van der Waals surface area contributed by atoms with E-state index in [1.165, 1.54) is 7.11 Å². The molecule has 5 amide bonds. The summed E-state index contributed by atoms with van der Waals surface area (Å²) in [6.45, 7) is 1.61. The second-order valence-corrected chi connectivity index (χ2v) is 6.75. The van der Waals surface area contributed by atoms with Crippen molar-refractivity contribution < 1.29 is 23.9 Å². The molecular formula is C19H24N4O5. The van der Waals surface area contributed by atoms with E-state index in [0.717, 1.165) is 17.9 Å². The molecule has 150 valence electrons. The number of amides is 5. The smallest absolute Gasteiger partial charge is 0.329 e. The number of carbonyl (C=O) groups excluding carboxylic acids is 4. The third-order valence-corrected chi connectivity index (χ3v) is 4.89. The molecule has 3 rings (SSSR count). The molecule has 1 atom stereocenters. The van der Waals surface area contributed by atoms with Crippen molar-refractivity contribution in [1.82, 2.24) is 15.5 Å². The average Bonchev–Trinajstić information content (AvgIpc) is 3.22. The number of hydrogen-bond donors (Lipinski definition) is 2. The molecule has 0 aliphatic carbocycles. The van der Waals surface area contributed by atoms with Crippen LogP contribution in [-0.4, -0.2) is 61.4 Å². The summed E-state index contributed by atoms with van der Waals surface area (Å²) in [6, 6.07) is 5.35. The van der Waals surface area contributed by atoms with Crippen LogP contribution in [0.2, 0.25) is 0 Å². The van der Waals surface area contributed by atoms with Gasteiger partial charge in [-0.15, -0.1) is 0 Å². The van der Waals surface area contributed by atoms with Crippen molar-refractivity contribution in [2.24, 2.45) is 0 Å². The largest absolute Gasteiger partial charge is 0.497 e. The lowest BCUT2D eigenvalue weighted by Crippen LogP contribution is -2.36. The quantitative estimate of drug-likeness (QED) is 0.636. The summed E-state index contributed by atoms with van der Waals surface area (Å²) in [5, 5.41) is 5.37. The zero-order valence-corrected chi connectivity index (χ0v) is 15.8. The minimum Gasteiger partial charge on any atom is -0.497 e. The maximum Gasteiger partial charge on any atom is 0.329 e. The van der Waals surface area contributed by atoms with Gasteiger partial charge in [-0.2, -0.15) is 0 Å². The van der Waals surface area contributed by atoms with Gasteiger partial charge in [0, 0.05) is 32.5 Å². The SMILES string of the molecule is COc1ccc(N2C(=O)N[C@H](CCC(=O)NCCN3CCCC3=O)C2=O)cc1. The molecule has 0 saturated carbocycles. The zero-order valence-electron chi connectivity index (χ0n) is 15.8. The van der Waals surface area contributed by atoms with Crippen LogP contribution in [-0.2, 0) is 14.4 Å². The van der Waals surface area contributed by atoms with E-state index < -0.39 is 12.1 Å². The number of nitrogens with zero attached hydrogens (tertiary/aromatic N) is 2. The summed E-state index contributed by atoms with van der Waals surface area (Å²) in [7, 11) is 1.53. The van der Waals surface area contributed by atoms with Crippen LogP contribution in [0, 0.1) is 0 Å². The molecule has 1 aromatic carbocycles. The fourth-order valence-corrected chi connectivity index (χ4v) is 3.34. The number of imide groups is 1. The van der Waals surface area contributed by atoms with Crippen LogP contribution < -0.4 is 20.3 Å². The Hall–Kier alpha value is -3.10. The summed E-state index contributed by atoms with van der Waals surface area (Å²) < 4.78 is 5.07. The standard InChI is InChI=1S/C19H24N4O5/c1-28-14-6-4-13(5-7-14)23-18(26)15(21-19(23)27)8-9-16(24)20-10-12-22-11-2-3-17(22)25/h4-7,15H,2-3,8-12H2,1H3,(H,20,24)(H,21,27)/t15-/m1/s1. The first-order valence-corrected chi connectivity index (χ1v) is 9.32. The monoisotopic (exact) mass is 388 g/mol. The Balaban J connectivity index is 1.45. The molecule has 2 heterocycles. The van der Waals surface area contributed by atoms with E-state index in [9.17, 15) is 19.2 Å². The average molecular weight is 388 g/mol. The minimum atomic E-state index is -0.736. The Morgan fingerprint density at radius 3 is 2.64 bits per heavy atom. The molecule has 2 N–H and O–H groups in total. The predicted molar refractivity (Wildman–Crippen MR) is 101 cm³/mol. The Morgan fingerprint density at radius 1 is 1.25 bits per heavy atom.